The van der Waals surface area contributed by atoms with Crippen molar-refractivity contribution in [2.75, 3.05) is 25.5 Å². The Hall–Kier alpha value is -0.620. The fourth-order valence-corrected chi connectivity index (χ4v) is 2.25. The number of alkyl halides is 1. The van der Waals surface area contributed by atoms with Crippen molar-refractivity contribution in [3.8, 4) is 0 Å². The highest BCUT2D eigenvalue weighted by atomic mass is 35.5. The Labute approximate surface area is 133 Å². The van der Waals surface area contributed by atoms with Crippen molar-refractivity contribution in [1.29, 1.82) is 0 Å². The van der Waals surface area contributed by atoms with Crippen LogP contribution in [-0.2, 0) is 9.53 Å². The SMILES string of the molecule is C[C@H]1CN(C(=O)OC(C)(C)C)CCCN1C(=O)CCl.S. The minimum atomic E-state index is -0.502. The lowest BCUT2D eigenvalue weighted by atomic mass is 10.2. The Balaban J connectivity index is 0.00000361. The second-order valence-corrected chi connectivity index (χ2v) is 6.12. The van der Waals surface area contributed by atoms with E-state index in [9.17, 15) is 9.59 Å². The minimum absolute atomic E-state index is 0. The maximum atomic E-state index is 12.0. The van der Waals surface area contributed by atoms with Gasteiger partial charge < -0.3 is 14.5 Å². The Morgan fingerprint density at radius 2 is 1.90 bits per heavy atom. The summed E-state index contributed by atoms with van der Waals surface area (Å²) < 4.78 is 5.36. The first kappa shape index (κ1) is 19.4. The van der Waals surface area contributed by atoms with Crippen LogP contribution in [0.4, 0.5) is 4.79 Å². The summed E-state index contributed by atoms with van der Waals surface area (Å²) in [6.07, 6.45) is 0.422. The van der Waals surface area contributed by atoms with Crippen LogP contribution >= 0.6 is 25.1 Å². The Bertz CT molecular complexity index is 347. The number of amides is 2. The molecule has 1 atom stereocenters. The van der Waals surface area contributed by atoms with Gasteiger partial charge in [-0.2, -0.15) is 13.5 Å². The van der Waals surface area contributed by atoms with Crippen molar-refractivity contribution in [3.05, 3.63) is 0 Å². The molecule has 0 N–H and O–H groups in total. The standard InChI is InChI=1S/C13H23ClN2O3.H2S/c1-10-9-15(12(18)19-13(2,3)4)6-5-7-16(10)11(17)8-14;/h10H,5-9H2,1-4H3;1H2/t10-;/m0./s1. The minimum Gasteiger partial charge on any atom is -0.444 e. The van der Waals surface area contributed by atoms with Crippen LogP contribution in [0.15, 0.2) is 0 Å². The number of nitrogens with zero attached hydrogens (tertiary/aromatic N) is 2. The summed E-state index contributed by atoms with van der Waals surface area (Å²) in [5.74, 6) is -0.100. The number of carbonyl (C=O) groups is 2. The average molecular weight is 325 g/mol. The van der Waals surface area contributed by atoms with E-state index in [1.54, 1.807) is 9.80 Å². The van der Waals surface area contributed by atoms with Crippen molar-refractivity contribution in [3.63, 3.8) is 0 Å². The average Bonchev–Trinajstić information content (AvgIpc) is 2.48. The zero-order valence-electron chi connectivity index (χ0n) is 12.6. The summed E-state index contributed by atoms with van der Waals surface area (Å²) in [7, 11) is 0. The van der Waals surface area contributed by atoms with E-state index in [2.05, 4.69) is 0 Å². The van der Waals surface area contributed by atoms with Crippen LogP contribution in [0.25, 0.3) is 0 Å². The fraction of sp³-hybridized carbons (Fsp3) is 0.846. The van der Waals surface area contributed by atoms with Gasteiger partial charge in [-0.25, -0.2) is 4.79 Å². The summed E-state index contributed by atoms with van der Waals surface area (Å²) in [6.45, 7) is 9.17. The molecular formula is C13H25ClN2O3S. The molecule has 1 fully saturated rings. The highest BCUT2D eigenvalue weighted by Gasteiger charge is 2.29. The van der Waals surface area contributed by atoms with Gasteiger partial charge in [-0.05, 0) is 34.1 Å². The lowest BCUT2D eigenvalue weighted by molar-refractivity contribution is -0.130. The molecule has 1 heterocycles. The van der Waals surface area contributed by atoms with Gasteiger partial charge in [0.05, 0.1) is 0 Å². The number of hydrogen-bond donors (Lipinski definition) is 0. The molecule has 7 heteroatoms. The summed E-state index contributed by atoms with van der Waals surface area (Å²) in [5, 5.41) is 0. The highest BCUT2D eigenvalue weighted by Crippen LogP contribution is 2.15. The first-order chi connectivity index (χ1) is 8.74. The first-order valence-electron chi connectivity index (χ1n) is 6.58. The lowest BCUT2D eigenvalue weighted by Crippen LogP contribution is -2.45. The van der Waals surface area contributed by atoms with Gasteiger partial charge in [-0.15, -0.1) is 11.6 Å². The molecule has 1 aliphatic heterocycles. The monoisotopic (exact) mass is 324 g/mol. The van der Waals surface area contributed by atoms with Crippen LogP contribution in [0.5, 0.6) is 0 Å². The van der Waals surface area contributed by atoms with Crippen LogP contribution in [-0.4, -0.2) is 59.0 Å². The number of hydrogen-bond acceptors (Lipinski definition) is 3. The van der Waals surface area contributed by atoms with Crippen molar-refractivity contribution in [1.82, 2.24) is 9.80 Å². The Morgan fingerprint density at radius 3 is 2.40 bits per heavy atom. The smallest absolute Gasteiger partial charge is 0.410 e. The van der Waals surface area contributed by atoms with Crippen LogP contribution in [0.3, 0.4) is 0 Å². The number of ether oxygens (including phenoxy) is 1. The molecular weight excluding hydrogens is 300 g/mol. The summed E-state index contributed by atoms with van der Waals surface area (Å²) in [4.78, 5) is 27.1. The van der Waals surface area contributed by atoms with Crippen LogP contribution < -0.4 is 0 Å². The molecule has 2 amide bonds. The number of halogens is 1. The second kappa shape index (κ2) is 7.98. The van der Waals surface area contributed by atoms with E-state index in [1.165, 1.54) is 0 Å². The third kappa shape index (κ3) is 5.79. The summed E-state index contributed by atoms with van der Waals surface area (Å²) >= 11 is 5.59. The Kier molecular flexibility index (Phi) is 7.73. The maximum absolute atomic E-state index is 12.0. The van der Waals surface area contributed by atoms with E-state index in [4.69, 9.17) is 16.3 Å². The van der Waals surface area contributed by atoms with E-state index >= 15 is 0 Å². The van der Waals surface area contributed by atoms with Gasteiger partial charge in [0.1, 0.15) is 11.5 Å². The molecule has 1 aliphatic rings. The van der Waals surface area contributed by atoms with Crippen molar-refractivity contribution in [2.24, 2.45) is 0 Å². The molecule has 0 saturated carbocycles. The van der Waals surface area contributed by atoms with E-state index < -0.39 is 5.60 Å². The van der Waals surface area contributed by atoms with Crippen molar-refractivity contribution >= 4 is 37.1 Å². The highest BCUT2D eigenvalue weighted by molar-refractivity contribution is 7.59. The molecule has 0 aliphatic carbocycles. The largest absolute Gasteiger partial charge is 0.444 e. The fourth-order valence-electron chi connectivity index (χ4n) is 2.10. The third-order valence-electron chi connectivity index (χ3n) is 2.93. The molecule has 0 unspecified atom stereocenters. The van der Waals surface area contributed by atoms with Gasteiger partial charge in [0, 0.05) is 25.7 Å². The molecule has 0 aromatic rings. The van der Waals surface area contributed by atoms with E-state index in [0.29, 0.717) is 19.6 Å². The molecule has 1 rings (SSSR count). The molecule has 0 bridgehead atoms. The maximum Gasteiger partial charge on any atom is 0.410 e. The van der Waals surface area contributed by atoms with E-state index in [1.807, 2.05) is 27.7 Å². The molecule has 118 valence electrons. The van der Waals surface area contributed by atoms with Crippen LogP contribution in [0, 0.1) is 0 Å². The summed E-state index contributed by atoms with van der Waals surface area (Å²) in [6, 6.07) is -0.0405. The van der Waals surface area contributed by atoms with Gasteiger partial charge in [0.15, 0.2) is 0 Å². The van der Waals surface area contributed by atoms with E-state index in [-0.39, 0.29) is 37.4 Å². The zero-order chi connectivity index (χ0) is 14.6. The number of carbonyl (C=O) groups excluding carboxylic acids is 2. The quantitative estimate of drug-likeness (QED) is 0.695. The predicted molar refractivity (Wildman–Crippen MR) is 84.7 cm³/mol. The van der Waals surface area contributed by atoms with Crippen molar-refractivity contribution in [2.45, 2.75) is 45.8 Å². The molecule has 0 aromatic carbocycles. The van der Waals surface area contributed by atoms with Gasteiger partial charge in [-0.1, -0.05) is 0 Å². The molecule has 5 nitrogen and oxygen atoms in total. The summed E-state index contributed by atoms with van der Waals surface area (Å²) in [5.41, 5.74) is -0.502. The molecule has 20 heavy (non-hydrogen) atoms. The van der Waals surface area contributed by atoms with Gasteiger partial charge in [0.25, 0.3) is 0 Å². The third-order valence-corrected chi connectivity index (χ3v) is 3.16. The first-order valence-corrected chi connectivity index (χ1v) is 7.11. The number of rotatable bonds is 1. The topological polar surface area (TPSA) is 49.9 Å². The van der Waals surface area contributed by atoms with Crippen LogP contribution in [0.1, 0.15) is 34.1 Å². The van der Waals surface area contributed by atoms with E-state index in [0.717, 1.165) is 6.42 Å². The zero-order valence-corrected chi connectivity index (χ0v) is 14.4. The van der Waals surface area contributed by atoms with Gasteiger partial charge >= 0.3 is 6.09 Å². The Morgan fingerprint density at radius 1 is 1.30 bits per heavy atom. The normalized spacial score (nSPS) is 19.9. The molecule has 0 radical (unpaired) electrons. The van der Waals surface area contributed by atoms with Crippen molar-refractivity contribution < 1.29 is 14.3 Å². The molecule has 1 saturated heterocycles. The van der Waals surface area contributed by atoms with Gasteiger partial charge in [0.2, 0.25) is 5.91 Å². The van der Waals surface area contributed by atoms with Gasteiger partial charge in [-0.3, -0.25) is 4.79 Å². The molecule has 0 spiro atoms. The predicted octanol–water partition coefficient (Wildman–Crippen LogP) is 2.20. The lowest BCUT2D eigenvalue weighted by Gasteiger charge is -2.30. The molecule has 0 aromatic heterocycles. The second-order valence-electron chi connectivity index (χ2n) is 5.85. The van der Waals surface area contributed by atoms with Crippen LogP contribution in [0.2, 0.25) is 0 Å².